The van der Waals surface area contributed by atoms with Gasteiger partial charge in [0.25, 0.3) is 11.1 Å². The largest absolute Gasteiger partial charge is 0.423 e. The first-order valence-electron chi connectivity index (χ1n) is 10.00. The Kier molecular flexibility index (Phi) is 7.55. The molecule has 2 aromatic carbocycles. The summed E-state index contributed by atoms with van der Waals surface area (Å²) in [5.74, 6) is -0.957. The second kappa shape index (κ2) is 10.4. The zero-order chi connectivity index (χ0) is 24.9. The van der Waals surface area contributed by atoms with Crippen molar-refractivity contribution < 1.29 is 22.7 Å². The van der Waals surface area contributed by atoms with Crippen LogP contribution in [0.2, 0.25) is 0 Å². The number of hydrogen-bond donors (Lipinski definition) is 1. The average molecular weight is 497 g/mol. The van der Waals surface area contributed by atoms with Gasteiger partial charge in [0.2, 0.25) is 15.0 Å². The fourth-order valence-corrected chi connectivity index (χ4v) is 4.33. The van der Waals surface area contributed by atoms with Gasteiger partial charge in [-0.05, 0) is 56.7 Å². The van der Waals surface area contributed by atoms with E-state index in [-0.39, 0.29) is 15.9 Å². The number of nitrogens with one attached hydrogen (secondary N) is 1. The number of carbonyl (C=O) groups is 2. The number of esters is 1. The molecule has 0 radical (unpaired) electrons. The number of nitrogens with zero attached hydrogens (tertiary/aromatic N) is 3. The molecule has 1 N–H and O–H groups in total. The van der Waals surface area contributed by atoms with Gasteiger partial charge in [0.1, 0.15) is 17.4 Å². The van der Waals surface area contributed by atoms with Crippen molar-refractivity contribution in [2.45, 2.75) is 31.2 Å². The summed E-state index contributed by atoms with van der Waals surface area (Å²) in [7, 11) is -3.68. The molecule has 0 aliphatic heterocycles. The van der Waals surface area contributed by atoms with Gasteiger partial charge in [-0.15, -0.1) is 0 Å². The van der Waals surface area contributed by atoms with Gasteiger partial charge < -0.3 is 4.74 Å². The van der Waals surface area contributed by atoms with Gasteiger partial charge in [-0.3, -0.25) is 10.1 Å². The smallest absolute Gasteiger partial charge is 0.343 e. The molecule has 1 aromatic heterocycles. The molecule has 0 saturated carbocycles. The predicted octanol–water partition coefficient (Wildman–Crippen LogP) is 3.79. The number of carbonyl (C=O) groups excluding carboxylic acids is 2. The normalized spacial score (nSPS) is 11.7. The molecule has 11 heteroatoms. The molecular formula is C23H20N4O5S2. The Labute approximate surface area is 200 Å². The van der Waals surface area contributed by atoms with E-state index in [9.17, 15) is 23.3 Å². The van der Waals surface area contributed by atoms with Crippen LogP contribution >= 0.6 is 11.5 Å². The minimum absolute atomic E-state index is 0.0382. The quantitative estimate of drug-likeness (QED) is 0.226. The molecule has 174 valence electrons. The maximum Gasteiger partial charge on any atom is 0.343 e. The van der Waals surface area contributed by atoms with E-state index in [0.717, 1.165) is 5.56 Å². The van der Waals surface area contributed by atoms with E-state index >= 15 is 0 Å². The third kappa shape index (κ3) is 5.92. The summed E-state index contributed by atoms with van der Waals surface area (Å²) in [4.78, 5) is 28.6. The highest BCUT2D eigenvalue weighted by molar-refractivity contribution is 7.91. The Morgan fingerprint density at radius 1 is 1.18 bits per heavy atom. The molecule has 0 bridgehead atoms. The fourth-order valence-electron chi connectivity index (χ4n) is 2.64. The Balaban J connectivity index is 1.69. The highest BCUT2D eigenvalue weighted by Crippen LogP contribution is 2.20. The highest BCUT2D eigenvalue weighted by Gasteiger charge is 2.25. The van der Waals surface area contributed by atoms with Crippen LogP contribution in [0, 0.1) is 18.3 Å². The van der Waals surface area contributed by atoms with Crippen molar-refractivity contribution in [2.75, 3.05) is 5.32 Å². The lowest BCUT2D eigenvalue weighted by molar-refractivity contribution is -0.112. The molecule has 0 atom stereocenters. The van der Waals surface area contributed by atoms with E-state index in [1.165, 1.54) is 19.9 Å². The van der Waals surface area contributed by atoms with Crippen molar-refractivity contribution in [3.8, 4) is 11.8 Å². The Hall–Kier alpha value is -3.88. The van der Waals surface area contributed by atoms with E-state index < -0.39 is 27.0 Å². The van der Waals surface area contributed by atoms with Crippen molar-refractivity contribution in [1.29, 1.82) is 5.26 Å². The molecule has 0 spiro atoms. The lowest BCUT2D eigenvalue weighted by Crippen LogP contribution is -2.16. The van der Waals surface area contributed by atoms with Crippen LogP contribution in [0.25, 0.3) is 6.08 Å². The summed E-state index contributed by atoms with van der Waals surface area (Å²) in [5.41, 5.74) is 1.65. The first kappa shape index (κ1) is 24.8. The van der Waals surface area contributed by atoms with Gasteiger partial charge in [0.15, 0.2) is 0 Å². The van der Waals surface area contributed by atoms with E-state index in [2.05, 4.69) is 14.7 Å². The number of sulfone groups is 1. The minimum atomic E-state index is -3.68. The van der Waals surface area contributed by atoms with Crippen molar-refractivity contribution in [3.05, 3.63) is 70.8 Å². The number of amides is 1. The first-order valence-corrected chi connectivity index (χ1v) is 12.3. The topological polar surface area (TPSA) is 139 Å². The lowest BCUT2D eigenvalue weighted by atomic mass is 10.1. The Morgan fingerprint density at radius 2 is 1.88 bits per heavy atom. The third-order valence-electron chi connectivity index (χ3n) is 4.52. The average Bonchev–Trinajstić information content (AvgIpc) is 3.27. The van der Waals surface area contributed by atoms with Crippen molar-refractivity contribution >= 4 is 44.5 Å². The monoisotopic (exact) mass is 496 g/mol. The number of anilines is 1. The standard InChI is InChI=1S/C23H20N4O5S2/c1-14(2)34(30,31)23-26-22(33-27-23)25-20(28)18(13-24)12-16-7-9-19(10-8-16)32-21(29)17-6-4-5-15(3)11-17/h4-12,14H,1-3H3,(H,25,26,27,28)/b18-12-. The molecule has 3 rings (SSSR count). The van der Waals surface area contributed by atoms with Crippen LogP contribution in [-0.4, -0.2) is 34.9 Å². The zero-order valence-corrected chi connectivity index (χ0v) is 20.1. The molecule has 1 amide bonds. The maximum atomic E-state index is 12.5. The van der Waals surface area contributed by atoms with Crippen LogP contribution in [0.3, 0.4) is 0 Å². The number of aryl methyl sites for hydroxylation is 1. The summed E-state index contributed by atoms with van der Waals surface area (Å²) >= 11 is 0.706. The minimum Gasteiger partial charge on any atom is -0.423 e. The lowest BCUT2D eigenvalue weighted by Gasteiger charge is -2.05. The predicted molar refractivity (Wildman–Crippen MR) is 127 cm³/mol. The fraction of sp³-hybridized carbons (Fsp3) is 0.174. The summed E-state index contributed by atoms with van der Waals surface area (Å²) in [6, 6.07) is 15.1. The Bertz CT molecular complexity index is 1400. The van der Waals surface area contributed by atoms with Crippen molar-refractivity contribution in [2.24, 2.45) is 0 Å². The van der Waals surface area contributed by atoms with Crippen LogP contribution in [0.15, 0.2) is 59.3 Å². The van der Waals surface area contributed by atoms with Crippen LogP contribution < -0.4 is 10.1 Å². The van der Waals surface area contributed by atoms with Gasteiger partial charge in [-0.2, -0.15) is 14.6 Å². The molecular weight excluding hydrogens is 476 g/mol. The summed E-state index contributed by atoms with van der Waals surface area (Å²) in [5, 5.41) is 10.7. The van der Waals surface area contributed by atoms with Gasteiger partial charge in [0, 0.05) is 11.5 Å². The van der Waals surface area contributed by atoms with Crippen LogP contribution in [-0.2, 0) is 14.6 Å². The number of benzene rings is 2. The SMILES string of the molecule is Cc1cccc(C(=O)Oc2ccc(/C=C(/C#N)C(=O)Nc3nc(S(=O)(=O)C(C)C)ns3)cc2)c1. The maximum absolute atomic E-state index is 12.5. The van der Waals surface area contributed by atoms with Crippen LogP contribution in [0.4, 0.5) is 5.13 Å². The number of rotatable bonds is 7. The summed E-state index contributed by atoms with van der Waals surface area (Å²) in [6.07, 6.45) is 1.34. The van der Waals surface area contributed by atoms with Crippen LogP contribution in [0.5, 0.6) is 5.75 Å². The Morgan fingerprint density at radius 3 is 2.50 bits per heavy atom. The summed E-state index contributed by atoms with van der Waals surface area (Å²) in [6.45, 7) is 4.87. The number of nitriles is 1. The van der Waals surface area contributed by atoms with Gasteiger partial charge in [-0.25, -0.2) is 13.2 Å². The van der Waals surface area contributed by atoms with Crippen molar-refractivity contribution in [3.63, 3.8) is 0 Å². The third-order valence-corrected chi connectivity index (χ3v) is 7.20. The molecule has 9 nitrogen and oxygen atoms in total. The van der Waals surface area contributed by atoms with Gasteiger partial charge >= 0.3 is 5.97 Å². The highest BCUT2D eigenvalue weighted by atomic mass is 32.2. The van der Waals surface area contributed by atoms with E-state index in [1.54, 1.807) is 48.5 Å². The molecule has 0 fully saturated rings. The molecule has 0 aliphatic rings. The van der Waals surface area contributed by atoms with Crippen LogP contribution in [0.1, 0.15) is 35.3 Å². The van der Waals surface area contributed by atoms with E-state index in [4.69, 9.17) is 4.74 Å². The molecule has 34 heavy (non-hydrogen) atoms. The zero-order valence-electron chi connectivity index (χ0n) is 18.5. The number of hydrogen-bond acceptors (Lipinski definition) is 9. The second-order valence-corrected chi connectivity index (χ2v) is 10.6. The molecule has 3 aromatic rings. The molecule has 0 unspecified atom stereocenters. The number of ether oxygens (including phenoxy) is 1. The molecule has 1 heterocycles. The van der Waals surface area contributed by atoms with Crippen molar-refractivity contribution in [1.82, 2.24) is 9.36 Å². The second-order valence-electron chi connectivity index (χ2n) is 7.43. The van der Waals surface area contributed by atoms with Gasteiger partial charge in [-0.1, -0.05) is 29.8 Å². The molecule has 0 saturated heterocycles. The van der Waals surface area contributed by atoms with E-state index in [1.807, 2.05) is 13.0 Å². The summed E-state index contributed by atoms with van der Waals surface area (Å²) < 4.78 is 33.4. The number of aromatic nitrogens is 2. The van der Waals surface area contributed by atoms with E-state index in [0.29, 0.717) is 28.4 Å². The van der Waals surface area contributed by atoms with Gasteiger partial charge in [0.05, 0.1) is 10.8 Å². The first-order chi connectivity index (χ1) is 16.1. The molecule has 0 aliphatic carbocycles.